The van der Waals surface area contributed by atoms with Gasteiger partial charge in [0.15, 0.2) is 0 Å². The highest BCUT2D eigenvalue weighted by Crippen LogP contribution is 1.59. The Labute approximate surface area is 70.2 Å². The Hall–Kier alpha value is -0.700. The van der Waals surface area contributed by atoms with Crippen molar-refractivity contribution in [2.75, 3.05) is 6.61 Å². The molecule has 0 aliphatic carbocycles. The summed E-state index contributed by atoms with van der Waals surface area (Å²) in [6.07, 6.45) is 0. The van der Waals surface area contributed by atoms with E-state index in [1.165, 1.54) is 0 Å². The molecule has 0 aliphatic rings. The number of carboxylic acid groups (broad SMARTS) is 1. The van der Waals surface area contributed by atoms with Crippen LogP contribution in [0.25, 0.3) is 0 Å². The normalized spacial score (nSPS) is 8.42. The Kier molecular flexibility index (Phi) is 14.9. The zero-order chi connectivity index (χ0) is 10.8. The van der Waals surface area contributed by atoms with Crippen LogP contribution in [-0.2, 0) is 15.2 Å². The molecular formula is C4H12O7S. The first kappa shape index (κ1) is 17.4. The van der Waals surface area contributed by atoms with E-state index in [0.717, 1.165) is 6.92 Å². The average Bonchev–Trinajstić information content (AvgIpc) is 1.56. The van der Waals surface area contributed by atoms with Crippen LogP contribution in [0.1, 0.15) is 13.8 Å². The fraction of sp³-hybridized carbons (Fsp3) is 0.750. The Morgan fingerprint density at radius 2 is 1.33 bits per heavy atom. The molecule has 0 rings (SSSR count). The van der Waals surface area contributed by atoms with E-state index in [1.807, 2.05) is 0 Å². The van der Waals surface area contributed by atoms with Crippen molar-refractivity contribution >= 4 is 16.4 Å². The highest BCUT2D eigenvalue weighted by Gasteiger charge is 1.84. The molecule has 7 nitrogen and oxygen atoms in total. The molecule has 76 valence electrons. The zero-order valence-electron chi connectivity index (χ0n) is 6.63. The quantitative estimate of drug-likeness (QED) is 0.388. The maximum atomic E-state index is 9.00. The van der Waals surface area contributed by atoms with Crippen LogP contribution in [-0.4, -0.2) is 40.3 Å². The lowest BCUT2D eigenvalue weighted by atomic mass is 10.9. The number of carbonyl (C=O) groups is 1. The molecular weight excluding hydrogens is 192 g/mol. The third kappa shape index (κ3) is 1310. The molecule has 0 atom stereocenters. The molecule has 0 spiro atoms. The zero-order valence-corrected chi connectivity index (χ0v) is 7.45. The average molecular weight is 204 g/mol. The number of aliphatic hydroxyl groups is 1. The van der Waals surface area contributed by atoms with Crippen LogP contribution in [0.3, 0.4) is 0 Å². The van der Waals surface area contributed by atoms with E-state index in [0.29, 0.717) is 0 Å². The van der Waals surface area contributed by atoms with Crippen LogP contribution in [0.5, 0.6) is 0 Å². The summed E-state index contributed by atoms with van der Waals surface area (Å²) in [6.45, 7) is 3.01. The molecule has 0 fully saturated rings. The number of hydrogen-bond donors (Lipinski definition) is 4. The Balaban J connectivity index is -0.000000105. The minimum Gasteiger partial charge on any atom is -0.481 e. The van der Waals surface area contributed by atoms with Gasteiger partial charge in [-0.3, -0.25) is 13.9 Å². The first-order chi connectivity index (χ1) is 5.15. The molecule has 0 aromatic heterocycles. The molecule has 8 heteroatoms. The van der Waals surface area contributed by atoms with Crippen LogP contribution in [0.15, 0.2) is 0 Å². The summed E-state index contributed by atoms with van der Waals surface area (Å²) in [5, 5.41) is 15.0. The molecule has 0 saturated heterocycles. The topological polar surface area (TPSA) is 132 Å². The molecule has 0 aromatic carbocycles. The molecule has 0 unspecified atom stereocenters. The van der Waals surface area contributed by atoms with Crippen LogP contribution >= 0.6 is 0 Å². The van der Waals surface area contributed by atoms with Crippen molar-refractivity contribution in [2.24, 2.45) is 0 Å². The van der Waals surface area contributed by atoms with Gasteiger partial charge in [-0.05, 0) is 6.92 Å². The van der Waals surface area contributed by atoms with Gasteiger partial charge in [-0.2, -0.15) is 8.42 Å². The van der Waals surface area contributed by atoms with E-state index >= 15 is 0 Å². The predicted molar refractivity (Wildman–Crippen MR) is 40.2 cm³/mol. The Morgan fingerprint density at radius 3 is 1.33 bits per heavy atom. The molecule has 0 amide bonds. The van der Waals surface area contributed by atoms with Crippen LogP contribution < -0.4 is 0 Å². The minimum absolute atomic E-state index is 0.250. The van der Waals surface area contributed by atoms with E-state index in [1.54, 1.807) is 6.92 Å². The van der Waals surface area contributed by atoms with E-state index < -0.39 is 16.4 Å². The lowest BCUT2D eigenvalue weighted by molar-refractivity contribution is -0.134. The third-order valence-electron chi connectivity index (χ3n) is 0. The van der Waals surface area contributed by atoms with Gasteiger partial charge < -0.3 is 10.2 Å². The maximum absolute atomic E-state index is 9.00. The van der Waals surface area contributed by atoms with Gasteiger partial charge in [-0.25, -0.2) is 0 Å². The van der Waals surface area contributed by atoms with Crippen molar-refractivity contribution in [2.45, 2.75) is 13.8 Å². The first-order valence-electron chi connectivity index (χ1n) is 2.65. The van der Waals surface area contributed by atoms with Crippen molar-refractivity contribution in [3.8, 4) is 0 Å². The SMILES string of the molecule is CC(=O)O.CCO.O=S(=O)(O)O. The van der Waals surface area contributed by atoms with E-state index in [2.05, 4.69) is 0 Å². The smallest absolute Gasteiger partial charge is 0.394 e. The van der Waals surface area contributed by atoms with Crippen LogP contribution in [0.4, 0.5) is 0 Å². The number of carboxylic acids is 1. The van der Waals surface area contributed by atoms with E-state index in [-0.39, 0.29) is 6.61 Å². The van der Waals surface area contributed by atoms with Gasteiger partial charge in [0.2, 0.25) is 0 Å². The molecule has 0 aliphatic heterocycles. The first-order valence-corrected chi connectivity index (χ1v) is 4.05. The molecule has 4 N–H and O–H groups in total. The van der Waals surface area contributed by atoms with Gasteiger partial charge in [0.1, 0.15) is 0 Å². The monoisotopic (exact) mass is 204 g/mol. The summed E-state index contributed by atoms with van der Waals surface area (Å²) in [7, 11) is -4.67. The fourth-order valence-corrected chi connectivity index (χ4v) is 0. The van der Waals surface area contributed by atoms with Crippen molar-refractivity contribution < 1.29 is 32.5 Å². The van der Waals surface area contributed by atoms with Crippen molar-refractivity contribution in [1.82, 2.24) is 0 Å². The largest absolute Gasteiger partial charge is 0.481 e. The summed E-state index contributed by atoms with van der Waals surface area (Å²) in [5.74, 6) is -0.833. The minimum atomic E-state index is -4.67. The number of hydrogen-bond acceptors (Lipinski definition) is 4. The van der Waals surface area contributed by atoms with Gasteiger partial charge >= 0.3 is 10.4 Å². The molecule has 0 aromatic rings. The van der Waals surface area contributed by atoms with E-state index in [4.69, 9.17) is 32.5 Å². The van der Waals surface area contributed by atoms with Crippen molar-refractivity contribution in [3.05, 3.63) is 0 Å². The lowest BCUT2D eigenvalue weighted by Gasteiger charge is -1.68. The lowest BCUT2D eigenvalue weighted by Crippen LogP contribution is -1.89. The molecule has 0 bridgehead atoms. The Bertz CT molecular complexity index is 170. The summed E-state index contributed by atoms with van der Waals surface area (Å²) in [5.41, 5.74) is 0. The van der Waals surface area contributed by atoms with E-state index in [9.17, 15) is 0 Å². The van der Waals surface area contributed by atoms with Crippen LogP contribution in [0.2, 0.25) is 0 Å². The highest BCUT2D eigenvalue weighted by molar-refractivity contribution is 7.79. The summed E-state index contributed by atoms with van der Waals surface area (Å²) < 4.78 is 31.6. The summed E-state index contributed by atoms with van der Waals surface area (Å²) in [6, 6.07) is 0. The highest BCUT2D eigenvalue weighted by atomic mass is 32.3. The Morgan fingerprint density at radius 1 is 1.33 bits per heavy atom. The molecule has 0 saturated carbocycles. The number of rotatable bonds is 0. The molecule has 0 heterocycles. The van der Waals surface area contributed by atoms with Gasteiger partial charge in [0.05, 0.1) is 0 Å². The third-order valence-corrected chi connectivity index (χ3v) is 0. The molecule has 0 radical (unpaired) electrons. The summed E-state index contributed by atoms with van der Waals surface area (Å²) in [4.78, 5) is 9.00. The van der Waals surface area contributed by atoms with Crippen LogP contribution in [0, 0.1) is 0 Å². The van der Waals surface area contributed by atoms with Gasteiger partial charge in [0, 0.05) is 13.5 Å². The standard InChI is InChI=1S/C2H4O2.C2H6O.H2O4S/c1-2(3)4;1-2-3;1-5(2,3)4/h1H3,(H,3,4);3H,2H2,1H3;(H2,1,2,3,4). The van der Waals surface area contributed by atoms with Gasteiger partial charge in [-0.15, -0.1) is 0 Å². The van der Waals surface area contributed by atoms with Gasteiger partial charge in [0.25, 0.3) is 5.97 Å². The molecule has 12 heavy (non-hydrogen) atoms. The van der Waals surface area contributed by atoms with Crippen molar-refractivity contribution in [3.63, 3.8) is 0 Å². The maximum Gasteiger partial charge on any atom is 0.394 e. The summed E-state index contributed by atoms with van der Waals surface area (Å²) >= 11 is 0. The predicted octanol–water partition coefficient (Wildman–Crippen LogP) is -0.563. The second-order valence-corrected chi connectivity index (χ2v) is 2.18. The second-order valence-electron chi connectivity index (χ2n) is 1.28. The second kappa shape index (κ2) is 10.3. The number of aliphatic hydroxyl groups excluding tert-OH is 1. The number of aliphatic carboxylic acids is 1. The van der Waals surface area contributed by atoms with Gasteiger partial charge in [-0.1, -0.05) is 0 Å². The fourth-order valence-electron chi connectivity index (χ4n) is 0. The van der Waals surface area contributed by atoms with Crippen molar-refractivity contribution in [1.29, 1.82) is 0 Å².